The molecule has 0 bridgehead atoms. The molecule has 4 nitrogen and oxygen atoms in total. The number of alkyl halides is 3. The summed E-state index contributed by atoms with van der Waals surface area (Å²) in [6.07, 6.45) is -2.63. The Hall–Kier alpha value is -2.48. The van der Waals surface area contributed by atoms with Crippen LogP contribution in [0.25, 0.3) is 0 Å². The average Bonchev–Trinajstić information content (AvgIpc) is 2.59. The SMILES string of the molecule is CSc1ccccc1C(=O)OCC(=O)Nc1ccc(C(F)(F)F)cc1. The van der Waals surface area contributed by atoms with E-state index in [1.807, 2.05) is 6.26 Å². The zero-order valence-corrected chi connectivity index (χ0v) is 13.9. The fourth-order valence-electron chi connectivity index (χ4n) is 1.96. The number of anilines is 1. The molecule has 1 N–H and O–H groups in total. The van der Waals surface area contributed by atoms with Crippen LogP contribution in [0, 0.1) is 0 Å². The summed E-state index contributed by atoms with van der Waals surface area (Å²) in [5.74, 6) is -1.29. The van der Waals surface area contributed by atoms with Crippen molar-refractivity contribution in [2.24, 2.45) is 0 Å². The van der Waals surface area contributed by atoms with Crippen molar-refractivity contribution >= 4 is 29.3 Å². The maximum atomic E-state index is 12.5. The molecular formula is C17H14F3NO3S. The van der Waals surface area contributed by atoms with Crippen molar-refractivity contribution < 1.29 is 27.5 Å². The quantitative estimate of drug-likeness (QED) is 0.633. The lowest BCUT2D eigenvalue weighted by Gasteiger charge is -2.10. The van der Waals surface area contributed by atoms with Crippen LogP contribution < -0.4 is 5.32 Å². The molecule has 0 atom stereocenters. The first kappa shape index (κ1) is 18.9. The summed E-state index contributed by atoms with van der Waals surface area (Å²) in [5, 5.41) is 2.37. The van der Waals surface area contributed by atoms with E-state index >= 15 is 0 Å². The van der Waals surface area contributed by atoms with Gasteiger partial charge in [-0.25, -0.2) is 4.79 Å². The van der Waals surface area contributed by atoms with Crippen LogP contribution in [0.1, 0.15) is 15.9 Å². The van der Waals surface area contributed by atoms with E-state index in [0.717, 1.165) is 29.2 Å². The highest BCUT2D eigenvalue weighted by atomic mass is 32.2. The standard InChI is InChI=1S/C17H14F3NO3S/c1-25-14-5-3-2-4-13(14)16(23)24-10-15(22)21-12-8-6-11(7-9-12)17(18,19)20/h2-9H,10H2,1H3,(H,21,22). The van der Waals surface area contributed by atoms with Crippen molar-refractivity contribution in [1.29, 1.82) is 0 Å². The Bertz CT molecular complexity index is 760. The minimum absolute atomic E-state index is 0.179. The second-order valence-corrected chi connectivity index (χ2v) is 5.75. The molecule has 0 aliphatic carbocycles. The maximum absolute atomic E-state index is 12.5. The van der Waals surface area contributed by atoms with Gasteiger partial charge in [-0.2, -0.15) is 13.2 Å². The van der Waals surface area contributed by atoms with E-state index in [1.165, 1.54) is 11.8 Å². The van der Waals surface area contributed by atoms with Gasteiger partial charge in [0.05, 0.1) is 11.1 Å². The number of thioether (sulfide) groups is 1. The van der Waals surface area contributed by atoms with Gasteiger partial charge in [-0.3, -0.25) is 4.79 Å². The summed E-state index contributed by atoms with van der Waals surface area (Å²) >= 11 is 1.37. The minimum atomic E-state index is -4.44. The van der Waals surface area contributed by atoms with Crippen molar-refractivity contribution in [3.05, 3.63) is 59.7 Å². The molecule has 0 radical (unpaired) electrons. The lowest BCUT2D eigenvalue weighted by molar-refractivity contribution is -0.137. The Labute approximate surface area is 146 Å². The number of esters is 1. The largest absolute Gasteiger partial charge is 0.452 e. The highest BCUT2D eigenvalue weighted by molar-refractivity contribution is 7.98. The second kappa shape index (κ2) is 8.06. The number of halogens is 3. The Morgan fingerprint density at radius 3 is 2.32 bits per heavy atom. The highest BCUT2D eigenvalue weighted by Crippen LogP contribution is 2.29. The molecule has 0 aliphatic heterocycles. The number of hydrogen-bond donors (Lipinski definition) is 1. The predicted molar refractivity (Wildman–Crippen MR) is 88.6 cm³/mol. The van der Waals surface area contributed by atoms with Crippen molar-refractivity contribution in [1.82, 2.24) is 0 Å². The molecule has 0 heterocycles. The molecule has 0 saturated heterocycles. The predicted octanol–water partition coefficient (Wildman–Crippen LogP) is 4.22. The Balaban J connectivity index is 1.91. The molecule has 0 aromatic heterocycles. The zero-order chi connectivity index (χ0) is 18.4. The van der Waals surface area contributed by atoms with Gasteiger partial charge < -0.3 is 10.1 Å². The smallest absolute Gasteiger partial charge is 0.416 e. The third-order valence-electron chi connectivity index (χ3n) is 3.16. The van der Waals surface area contributed by atoms with Crippen molar-refractivity contribution in [3.8, 4) is 0 Å². The van der Waals surface area contributed by atoms with Gasteiger partial charge in [-0.05, 0) is 42.7 Å². The first-order valence-corrected chi connectivity index (χ1v) is 8.31. The Morgan fingerprint density at radius 2 is 1.72 bits per heavy atom. The molecule has 132 valence electrons. The molecular weight excluding hydrogens is 355 g/mol. The fraction of sp³-hybridized carbons (Fsp3) is 0.176. The number of nitrogens with one attached hydrogen (secondary N) is 1. The number of hydrogen-bond acceptors (Lipinski definition) is 4. The van der Waals surface area contributed by atoms with E-state index < -0.39 is 30.2 Å². The molecule has 2 rings (SSSR count). The van der Waals surface area contributed by atoms with Crippen molar-refractivity contribution in [2.45, 2.75) is 11.1 Å². The van der Waals surface area contributed by atoms with Gasteiger partial charge in [0.25, 0.3) is 5.91 Å². The van der Waals surface area contributed by atoms with Crippen molar-refractivity contribution in [3.63, 3.8) is 0 Å². The van der Waals surface area contributed by atoms with Gasteiger partial charge >= 0.3 is 12.1 Å². The van der Waals surface area contributed by atoms with E-state index in [4.69, 9.17) is 4.74 Å². The normalized spacial score (nSPS) is 11.0. The molecule has 0 spiro atoms. The van der Waals surface area contributed by atoms with Gasteiger partial charge in [0.1, 0.15) is 0 Å². The van der Waals surface area contributed by atoms with Crippen LogP contribution >= 0.6 is 11.8 Å². The second-order valence-electron chi connectivity index (χ2n) is 4.90. The average molecular weight is 369 g/mol. The molecule has 25 heavy (non-hydrogen) atoms. The first-order valence-electron chi connectivity index (χ1n) is 7.08. The van der Waals surface area contributed by atoms with Crippen LogP contribution in [0.15, 0.2) is 53.4 Å². The molecule has 0 saturated carbocycles. The van der Waals surface area contributed by atoms with Crippen LogP contribution in [0.4, 0.5) is 18.9 Å². The molecule has 0 aliphatic rings. The van der Waals surface area contributed by atoms with E-state index in [0.29, 0.717) is 5.56 Å². The van der Waals surface area contributed by atoms with Gasteiger partial charge in [-0.15, -0.1) is 11.8 Å². The van der Waals surface area contributed by atoms with Crippen LogP contribution in [0.2, 0.25) is 0 Å². The van der Waals surface area contributed by atoms with E-state index in [-0.39, 0.29) is 5.69 Å². The van der Waals surface area contributed by atoms with Crippen LogP contribution in [0.5, 0.6) is 0 Å². The lowest BCUT2D eigenvalue weighted by Crippen LogP contribution is -2.21. The van der Waals surface area contributed by atoms with Gasteiger partial charge in [0.15, 0.2) is 6.61 Å². The van der Waals surface area contributed by atoms with Gasteiger partial charge in [-0.1, -0.05) is 12.1 Å². The van der Waals surface area contributed by atoms with E-state index in [1.54, 1.807) is 24.3 Å². The number of amides is 1. The monoisotopic (exact) mass is 369 g/mol. The summed E-state index contributed by atoms with van der Waals surface area (Å²) in [6, 6.07) is 10.8. The summed E-state index contributed by atoms with van der Waals surface area (Å²) in [6.45, 7) is -0.539. The van der Waals surface area contributed by atoms with Crippen molar-refractivity contribution in [2.75, 3.05) is 18.2 Å². The van der Waals surface area contributed by atoms with E-state index in [9.17, 15) is 22.8 Å². The lowest BCUT2D eigenvalue weighted by atomic mass is 10.2. The van der Waals surface area contributed by atoms with Crippen LogP contribution in [-0.2, 0) is 15.7 Å². The molecule has 0 fully saturated rings. The molecule has 1 amide bonds. The number of rotatable bonds is 5. The Kier molecular flexibility index (Phi) is 6.08. The maximum Gasteiger partial charge on any atom is 0.416 e. The Morgan fingerprint density at radius 1 is 1.08 bits per heavy atom. The summed E-state index contributed by atoms with van der Waals surface area (Å²) < 4.78 is 42.3. The molecule has 0 unspecified atom stereocenters. The third kappa shape index (κ3) is 5.25. The molecule has 2 aromatic rings. The molecule has 8 heteroatoms. The highest BCUT2D eigenvalue weighted by Gasteiger charge is 2.30. The topological polar surface area (TPSA) is 55.4 Å². The zero-order valence-electron chi connectivity index (χ0n) is 13.1. The van der Waals surface area contributed by atoms with Gasteiger partial charge in [0.2, 0.25) is 0 Å². The summed E-state index contributed by atoms with van der Waals surface area (Å²) in [4.78, 5) is 24.5. The number of carbonyl (C=O) groups is 2. The number of carbonyl (C=O) groups excluding carboxylic acids is 2. The minimum Gasteiger partial charge on any atom is -0.452 e. The third-order valence-corrected chi connectivity index (χ3v) is 3.95. The number of benzene rings is 2. The molecule has 2 aromatic carbocycles. The van der Waals surface area contributed by atoms with Crippen LogP contribution in [-0.4, -0.2) is 24.7 Å². The summed E-state index contributed by atoms with van der Waals surface area (Å²) in [7, 11) is 0. The first-order chi connectivity index (χ1) is 11.8. The number of ether oxygens (including phenoxy) is 1. The van der Waals surface area contributed by atoms with Crippen LogP contribution in [0.3, 0.4) is 0 Å². The fourth-order valence-corrected chi connectivity index (χ4v) is 2.55. The van der Waals surface area contributed by atoms with Gasteiger partial charge in [0, 0.05) is 10.6 Å². The van der Waals surface area contributed by atoms with E-state index in [2.05, 4.69) is 5.32 Å². The summed E-state index contributed by atoms with van der Waals surface area (Å²) in [5.41, 5.74) is -0.290.